The molecule has 0 unspecified atom stereocenters. The Balaban J connectivity index is 1.59. The molecule has 0 saturated heterocycles. The Morgan fingerprint density at radius 2 is 1.33 bits per heavy atom. The van der Waals surface area contributed by atoms with Crippen molar-refractivity contribution in [3.8, 4) is 11.5 Å². The monoisotopic (exact) mass is 997 g/mol. The molecule has 376 valence electrons. The van der Waals surface area contributed by atoms with Gasteiger partial charge in [0.1, 0.15) is 29.3 Å². The molecule has 2 atom stereocenters. The minimum atomic E-state index is -4.44. The highest BCUT2D eigenvalue weighted by Crippen LogP contribution is 2.45. The van der Waals surface area contributed by atoms with Crippen molar-refractivity contribution >= 4 is 41.5 Å². The van der Waals surface area contributed by atoms with Crippen molar-refractivity contribution in [2.75, 3.05) is 46.0 Å². The maximum absolute atomic E-state index is 14.0. The number of aliphatic hydroxyl groups excluding tert-OH is 1. The van der Waals surface area contributed by atoms with Gasteiger partial charge in [0.15, 0.2) is 25.7 Å². The lowest BCUT2D eigenvalue weighted by Gasteiger charge is -2.46. The fourth-order valence-electron chi connectivity index (χ4n) is 9.15. The van der Waals surface area contributed by atoms with Crippen LogP contribution in [0.2, 0.25) is 16.6 Å². The van der Waals surface area contributed by atoms with Crippen LogP contribution in [-0.4, -0.2) is 93.5 Å². The average Bonchev–Trinajstić information content (AvgIpc) is 3.78. The summed E-state index contributed by atoms with van der Waals surface area (Å²) in [6.45, 7) is 16.1. The molecule has 4 aromatic carbocycles. The number of amides is 1. The Bertz CT molecular complexity index is 2770. The van der Waals surface area contributed by atoms with E-state index in [1.807, 2.05) is 85.8 Å². The SMILES string of the molecule is COc1ccc(C(OC[C@@](CO)(CO[Si](C(C)C)(C(C)C)C(C)C)O[C@H](COS(=O)(=O)c2ccc(C)cc2)n2cnc3c(=O)[nH]c(NC(=O)C(C)C)nc32)(c2ccccc2)c2ccc(OC)cc2)cc1. The molecule has 0 aliphatic rings. The number of hydrogen-bond acceptors (Lipinski definition) is 13. The Kier molecular flexibility index (Phi) is 17.3. The number of benzene rings is 4. The van der Waals surface area contributed by atoms with Crippen molar-refractivity contribution in [2.45, 2.75) is 101 Å². The van der Waals surface area contributed by atoms with E-state index in [0.717, 1.165) is 11.1 Å². The second-order valence-corrected chi connectivity index (χ2v) is 25.8. The van der Waals surface area contributed by atoms with Gasteiger partial charge in [0, 0.05) is 5.92 Å². The number of carbonyl (C=O) groups excluding carboxylic acids is 1. The lowest BCUT2D eigenvalue weighted by atomic mass is 9.79. The van der Waals surface area contributed by atoms with Crippen molar-refractivity contribution in [1.29, 1.82) is 0 Å². The van der Waals surface area contributed by atoms with Gasteiger partial charge < -0.3 is 28.5 Å². The summed E-state index contributed by atoms with van der Waals surface area (Å²) in [5.41, 5.74) is -0.772. The third-order valence-corrected chi connectivity index (χ3v) is 20.2. The Hall–Kier alpha value is -5.73. The van der Waals surface area contributed by atoms with E-state index in [4.69, 9.17) is 27.6 Å². The minimum absolute atomic E-state index is 0.0665. The number of ether oxygens (including phenoxy) is 4. The van der Waals surface area contributed by atoms with E-state index in [1.165, 1.54) is 23.0 Å². The number of anilines is 1. The largest absolute Gasteiger partial charge is 0.497 e. The number of aliphatic hydroxyl groups is 1. The maximum Gasteiger partial charge on any atom is 0.297 e. The van der Waals surface area contributed by atoms with Crippen LogP contribution in [0, 0.1) is 12.8 Å². The van der Waals surface area contributed by atoms with Gasteiger partial charge in [-0.25, -0.2) is 4.98 Å². The number of methoxy groups -OCH3 is 2. The summed E-state index contributed by atoms with van der Waals surface area (Å²) in [5.74, 6) is 0.207. The van der Waals surface area contributed by atoms with Crippen LogP contribution in [0.3, 0.4) is 0 Å². The number of aryl methyl sites for hydroxylation is 1. The highest BCUT2D eigenvalue weighted by atomic mass is 32.2. The van der Waals surface area contributed by atoms with Crippen LogP contribution in [-0.2, 0) is 38.6 Å². The normalized spacial score (nSPS) is 13.8. The molecule has 6 aromatic rings. The van der Waals surface area contributed by atoms with Crippen LogP contribution in [0.15, 0.2) is 119 Å². The first kappa shape index (κ1) is 53.6. The van der Waals surface area contributed by atoms with Crippen LogP contribution in [0.1, 0.15) is 83.9 Å². The maximum atomic E-state index is 14.0. The second-order valence-electron chi connectivity index (χ2n) is 18.7. The van der Waals surface area contributed by atoms with Crippen LogP contribution in [0.25, 0.3) is 11.2 Å². The van der Waals surface area contributed by atoms with E-state index >= 15 is 0 Å². The number of rotatable bonds is 24. The fraction of sp³-hybridized carbons (Fsp3) is 0.423. The van der Waals surface area contributed by atoms with Gasteiger partial charge in [-0.2, -0.15) is 13.4 Å². The predicted molar refractivity (Wildman–Crippen MR) is 271 cm³/mol. The number of aromatic nitrogens is 4. The van der Waals surface area contributed by atoms with Crippen molar-refractivity contribution < 1.29 is 45.9 Å². The molecule has 0 radical (unpaired) electrons. The van der Waals surface area contributed by atoms with E-state index in [9.17, 15) is 23.1 Å². The topological polar surface area (TPSA) is 202 Å². The number of H-pyrrole nitrogens is 1. The molecule has 70 heavy (non-hydrogen) atoms. The molecule has 2 heterocycles. The van der Waals surface area contributed by atoms with Crippen LogP contribution in [0.5, 0.6) is 11.5 Å². The number of nitrogens with zero attached hydrogens (tertiary/aromatic N) is 3. The molecule has 3 N–H and O–H groups in total. The highest BCUT2D eigenvalue weighted by Gasteiger charge is 2.49. The predicted octanol–water partition coefficient (Wildman–Crippen LogP) is 8.89. The molecule has 6 rings (SSSR count). The average molecular weight is 998 g/mol. The molecule has 1 amide bonds. The number of fused-ring (bicyclic) bond motifs is 1. The lowest BCUT2D eigenvalue weighted by Crippen LogP contribution is -2.56. The minimum Gasteiger partial charge on any atom is -0.497 e. The van der Waals surface area contributed by atoms with E-state index in [2.05, 4.69) is 61.8 Å². The third-order valence-electron chi connectivity index (χ3n) is 12.9. The fourth-order valence-corrected chi connectivity index (χ4v) is 15.6. The van der Waals surface area contributed by atoms with Gasteiger partial charge >= 0.3 is 0 Å². The number of aromatic amines is 1. The van der Waals surface area contributed by atoms with Gasteiger partial charge in [-0.15, -0.1) is 0 Å². The Labute approximate surface area is 412 Å². The molecule has 16 nitrogen and oxygen atoms in total. The number of imidazole rings is 1. The van der Waals surface area contributed by atoms with Crippen LogP contribution in [0.4, 0.5) is 5.95 Å². The molecule has 0 bridgehead atoms. The van der Waals surface area contributed by atoms with Gasteiger partial charge in [0.05, 0.1) is 45.3 Å². The summed E-state index contributed by atoms with van der Waals surface area (Å²) in [7, 11) is -4.02. The second kappa shape index (κ2) is 22.6. The summed E-state index contributed by atoms with van der Waals surface area (Å²) in [5, 5.41) is 14.7. The number of hydrogen-bond donors (Lipinski definition) is 3. The Morgan fingerprint density at radius 1 is 0.786 bits per heavy atom. The van der Waals surface area contributed by atoms with Gasteiger partial charge in [-0.3, -0.25) is 28.6 Å². The summed E-state index contributed by atoms with van der Waals surface area (Å²) < 4.78 is 68.2. The molecule has 0 fully saturated rings. The summed E-state index contributed by atoms with van der Waals surface area (Å²) in [4.78, 5) is 37.9. The third kappa shape index (κ3) is 11.4. The van der Waals surface area contributed by atoms with Crippen molar-refractivity contribution in [3.05, 3.63) is 142 Å². The molecule has 0 spiro atoms. The molecule has 0 aliphatic heterocycles. The zero-order valence-electron chi connectivity index (χ0n) is 41.9. The van der Waals surface area contributed by atoms with Gasteiger partial charge in [0.2, 0.25) is 11.9 Å². The first-order valence-corrected chi connectivity index (χ1v) is 27.0. The van der Waals surface area contributed by atoms with E-state index in [-0.39, 0.29) is 51.8 Å². The molecular formula is C52H67N5O11SSi. The number of nitrogens with one attached hydrogen (secondary N) is 2. The summed E-state index contributed by atoms with van der Waals surface area (Å²) in [6.07, 6.45) is -0.218. The van der Waals surface area contributed by atoms with Crippen LogP contribution >= 0.6 is 0 Å². The quantitative estimate of drug-likeness (QED) is 0.0295. The highest BCUT2D eigenvalue weighted by molar-refractivity contribution is 7.86. The van der Waals surface area contributed by atoms with Gasteiger partial charge in [0.25, 0.3) is 15.7 Å². The zero-order chi connectivity index (χ0) is 51.0. The standard InChI is InChI=1S/C52H67N5O11SSi/c1-34(2)48(59)55-50-54-47-46(49(60)56-50)53-33-57(47)45(29-66-69(61,62)44-27-17-38(9)18-28-44)68-51(30-58,32-67-70(35(3)4,36(5)6)37(7)8)31-65-52(39-15-13-12-14-16-39,40-19-23-42(63-10)24-20-40)41-21-25-43(64-11)26-22-41/h12-28,33-37,45,58H,29-32H2,1-11H3,(H2,54,55,56,59,60)/t45-,51+/m1/s1. The molecule has 0 saturated carbocycles. The van der Waals surface area contributed by atoms with E-state index in [0.29, 0.717) is 22.6 Å². The number of carbonyl (C=O) groups is 1. The first-order valence-electron chi connectivity index (χ1n) is 23.4. The summed E-state index contributed by atoms with van der Waals surface area (Å²) in [6, 6.07) is 30.8. The summed E-state index contributed by atoms with van der Waals surface area (Å²) >= 11 is 0. The van der Waals surface area contributed by atoms with E-state index < -0.39 is 66.5 Å². The lowest BCUT2D eigenvalue weighted by molar-refractivity contribution is -0.208. The molecule has 0 aliphatic carbocycles. The van der Waals surface area contributed by atoms with Gasteiger partial charge in [-0.1, -0.05) is 128 Å². The molecule has 2 aromatic heterocycles. The van der Waals surface area contributed by atoms with Crippen molar-refractivity contribution in [1.82, 2.24) is 19.5 Å². The molecular weight excluding hydrogens is 931 g/mol. The van der Waals surface area contributed by atoms with Crippen molar-refractivity contribution in [2.24, 2.45) is 5.92 Å². The first-order chi connectivity index (χ1) is 33.2. The smallest absolute Gasteiger partial charge is 0.297 e. The molecule has 18 heteroatoms. The van der Waals surface area contributed by atoms with Crippen LogP contribution < -0.4 is 20.3 Å². The zero-order valence-corrected chi connectivity index (χ0v) is 43.7. The van der Waals surface area contributed by atoms with Gasteiger partial charge in [-0.05, 0) is 76.6 Å². The van der Waals surface area contributed by atoms with Crippen molar-refractivity contribution in [3.63, 3.8) is 0 Å². The van der Waals surface area contributed by atoms with E-state index in [1.54, 1.807) is 40.2 Å². The Morgan fingerprint density at radius 3 is 1.83 bits per heavy atom.